The molecule has 3 aromatic carbocycles. The van der Waals surface area contributed by atoms with Crippen LogP contribution in [0.15, 0.2) is 78.9 Å². The van der Waals surface area contributed by atoms with Gasteiger partial charge in [0.1, 0.15) is 19.4 Å². The molecular weight excluding hydrogens is 452 g/mol. The van der Waals surface area contributed by atoms with E-state index in [9.17, 15) is 14.4 Å². The maximum Gasteiger partial charge on any atom is 0.409 e. The van der Waals surface area contributed by atoms with Crippen LogP contribution in [-0.2, 0) is 27.5 Å². The van der Waals surface area contributed by atoms with Crippen molar-refractivity contribution in [2.75, 3.05) is 7.11 Å². The van der Waals surface area contributed by atoms with Crippen LogP contribution in [0.25, 0.3) is 0 Å². The molecule has 0 saturated heterocycles. The Hall–Kier alpha value is -4.53. The van der Waals surface area contributed by atoms with Gasteiger partial charge in [0.05, 0.1) is 7.11 Å². The number of hydrogen-bond acceptors (Lipinski definition) is 7. The van der Waals surface area contributed by atoms with Crippen LogP contribution in [0.5, 0.6) is 11.5 Å². The highest BCUT2D eigenvalue weighted by atomic mass is 16.6. The van der Waals surface area contributed by atoms with Crippen molar-refractivity contribution >= 4 is 18.2 Å². The Bertz CT molecular complexity index is 1080. The van der Waals surface area contributed by atoms with Crippen molar-refractivity contribution in [2.24, 2.45) is 0 Å². The van der Waals surface area contributed by atoms with Gasteiger partial charge in [0.2, 0.25) is 0 Å². The lowest BCUT2D eigenvalue weighted by molar-refractivity contribution is -0.132. The standard InChI is InChI=1S/C26H26N2O7/c1-18(29)35-22-14-13-21(15-23(22)32-2)24(27-25(30)33-16-19-9-5-3-6-10-19)28-26(31)34-17-20-11-7-4-8-12-20/h3-15,24H,16-17H2,1-2H3,(H,27,30)(H,28,31). The fraction of sp³-hybridized carbons (Fsp3) is 0.192. The molecule has 0 fully saturated rings. The largest absolute Gasteiger partial charge is 0.493 e. The summed E-state index contributed by atoms with van der Waals surface area (Å²) in [4.78, 5) is 36.3. The summed E-state index contributed by atoms with van der Waals surface area (Å²) in [5.74, 6) is -0.0831. The summed E-state index contributed by atoms with van der Waals surface area (Å²) in [6.45, 7) is 1.36. The summed E-state index contributed by atoms with van der Waals surface area (Å²) < 4.78 is 21.0. The summed E-state index contributed by atoms with van der Waals surface area (Å²) in [6, 6.07) is 22.9. The van der Waals surface area contributed by atoms with Gasteiger partial charge in [0.15, 0.2) is 11.5 Å². The molecule has 9 heteroatoms. The molecule has 0 aliphatic carbocycles. The average Bonchev–Trinajstić information content (AvgIpc) is 2.87. The Morgan fingerprint density at radius 1 is 0.743 bits per heavy atom. The van der Waals surface area contributed by atoms with E-state index >= 15 is 0 Å². The Labute approximate surface area is 203 Å². The molecule has 0 atom stereocenters. The van der Waals surface area contributed by atoms with Crippen molar-refractivity contribution in [3.8, 4) is 11.5 Å². The van der Waals surface area contributed by atoms with Crippen LogP contribution in [0.4, 0.5) is 9.59 Å². The van der Waals surface area contributed by atoms with Crippen molar-refractivity contribution in [2.45, 2.75) is 26.3 Å². The molecule has 3 rings (SSSR count). The van der Waals surface area contributed by atoms with Gasteiger partial charge in [-0.1, -0.05) is 66.7 Å². The number of amides is 2. The molecule has 0 aliphatic heterocycles. The number of rotatable bonds is 9. The number of nitrogens with one attached hydrogen (secondary N) is 2. The molecule has 0 radical (unpaired) electrons. The van der Waals surface area contributed by atoms with Crippen molar-refractivity contribution < 1.29 is 33.3 Å². The SMILES string of the molecule is COc1cc(C(NC(=O)OCc2ccccc2)NC(=O)OCc2ccccc2)ccc1OC(C)=O. The van der Waals surface area contributed by atoms with Crippen LogP contribution in [0.1, 0.15) is 29.8 Å². The molecule has 0 heterocycles. The zero-order valence-electron chi connectivity index (χ0n) is 19.4. The van der Waals surface area contributed by atoms with Gasteiger partial charge in [-0.3, -0.25) is 15.4 Å². The Morgan fingerprint density at radius 3 is 1.71 bits per heavy atom. The van der Waals surface area contributed by atoms with E-state index in [1.54, 1.807) is 6.07 Å². The molecule has 2 N–H and O–H groups in total. The van der Waals surface area contributed by atoms with E-state index in [2.05, 4.69) is 10.6 Å². The van der Waals surface area contributed by atoms with Gasteiger partial charge >= 0.3 is 18.2 Å². The lowest BCUT2D eigenvalue weighted by Gasteiger charge is -2.21. The number of ether oxygens (including phenoxy) is 4. The topological polar surface area (TPSA) is 112 Å². The molecule has 9 nitrogen and oxygen atoms in total. The van der Waals surface area contributed by atoms with Crippen molar-refractivity contribution in [1.29, 1.82) is 0 Å². The molecule has 0 bridgehead atoms. The van der Waals surface area contributed by atoms with E-state index < -0.39 is 24.3 Å². The summed E-state index contributed by atoms with van der Waals surface area (Å²) in [5.41, 5.74) is 2.05. The van der Waals surface area contributed by atoms with Gasteiger partial charge < -0.3 is 18.9 Å². The quantitative estimate of drug-likeness (QED) is 0.265. The molecule has 2 amide bonds. The van der Waals surface area contributed by atoms with Gasteiger partial charge in [-0.15, -0.1) is 0 Å². The lowest BCUT2D eigenvalue weighted by atomic mass is 10.1. The first-order valence-electron chi connectivity index (χ1n) is 10.8. The molecule has 182 valence electrons. The number of alkyl carbamates (subject to hydrolysis) is 2. The van der Waals surface area contributed by atoms with E-state index in [1.807, 2.05) is 60.7 Å². The van der Waals surface area contributed by atoms with E-state index in [-0.39, 0.29) is 24.7 Å². The average molecular weight is 479 g/mol. The molecule has 3 aromatic rings. The highest BCUT2D eigenvalue weighted by molar-refractivity contribution is 5.72. The third-order valence-corrected chi connectivity index (χ3v) is 4.72. The second-order valence-electron chi connectivity index (χ2n) is 7.35. The second kappa shape index (κ2) is 12.6. The third kappa shape index (κ3) is 8.08. The van der Waals surface area contributed by atoms with Gasteiger partial charge in [-0.2, -0.15) is 0 Å². The van der Waals surface area contributed by atoms with Gasteiger partial charge in [0, 0.05) is 6.92 Å². The summed E-state index contributed by atoms with van der Waals surface area (Å²) in [7, 11) is 1.41. The minimum Gasteiger partial charge on any atom is -0.493 e. The first kappa shape index (κ1) is 25.1. The zero-order valence-corrected chi connectivity index (χ0v) is 19.4. The second-order valence-corrected chi connectivity index (χ2v) is 7.35. The Morgan fingerprint density at radius 2 is 1.26 bits per heavy atom. The fourth-order valence-electron chi connectivity index (χ4n) is 3.07. The van der Waals surface area contributed by atoms with Crippen LogP contribution in [0.3, 0.4) is 0 Å². The number of hydrogen-bond donors (Lipinski definition) is 2. The number of esters is 1. The third-order valence-electron chi connectivity index (χ3n) is 4.72. The van der Waals surface area contributed by atoms with E-state index in [1.165, 1.54) is 26.2 Å². The summed E-state index contributed by atoms with van der Waals surface area (Å²) in [5, 5.41) is 5.22. The normalized spacial score (nSPS) is 10.3. The first-order chi connectivity index (χ1) is 16.9. The molecule has 35 heavy (non-hydrogen) atoms. The number of carbonyl (C=O) groups is 3. The van der Waals surface area contributed by atoms with Gasteiger partial charge in [0.25, 0.3) is 0 Å². The highest BCUT2D eigenvalue weighted by Crippen LogP contribution is 2.30. The van der Waals surface area contributed by atoms with Crippen LogP contribution in [0.2, 0.25) is 0 Å². The van der Waals surface area contributed by atoms with E-state index in [0.29, 0.717) is 5.56 Å². The van der Waals surface area contributed by atoms with Crippen LogP contribution >= 0.6 is 0 Å². The van der Waals surface area contributed by atoms with Crippen molar-refractivity contribution in [3.05, 3.63) is 95.6 Å². The summed E-state index contributed by atoms with van der Waals surface area (Å²) >= 11 is 0. The van der Waals surface area contributed by atoms with E-state index in [0.717, 1.165) is 11.1 Å². The predicted molar refractivity (Wildman–Crippen MR) is 127 cm³/mol. The molecule has 0 unspecified atom stereocenters. The minimum absolute atomic E-state index is 0.0482. The van der Waals surface area contributed by atoms with Crippen molar-refractivity contribution in [3.63, 3.8) is 0 Å². The molecular formula is C26H26N2O7. The maximum atomic E-state index is 12.5. The van der Waals surface area contributed by atoms with Crippen LogP contribution in [0, 0.1) is 0 Å². The van der Waals surface area contributed by atoms with Gasteiger partial charge in [-0.25, -0.2) is 9.59 Å². The molecule has 0 spiro atoms. The zero-order chi connectivity index (χ0) is 25.0. The molecule has 0 saturated carbocycles. The number of carbonyl (C=O) groups excluding carboxylic acids is 3. The molecule has 0 aliphatic rings. The monoisotopic (exact) mass is 478 g/mol. The fourth-order valence-corrected chi connectivity index (χ4v) is 3.07. The Kier molecular flexibility index (Phi) is 9.07. The maximum absolute atomic E-state index is 12.5. The lowest BCUT2D eigenvalue weighted by Crippen LogP contribution is -2.41. The predicted octanol–water partition coefficient (Wildman–Crippen LogP) is 4.47. The summed E-state index contributed by atoms with van der Waals surface area (Å²) in [6.07, 6.45) is -2.54. The van der Waals surface area contributed by atoms with Crippen molar-refractivity contribution in [1.82, 2.24) is 10.6 Å². The number of benzene rings is 3. The highest BCUT2D eigenvalue weighted by Gasteiger charge is 2.21. The first-order valence-corrected chi connectivity index (χ1v) is 10.8. The smallest absolute Gasteiger partial charge is 0.409 e. The Balaban J connectivity index is 1.73. The van der Waals surface area contributed by atoms with E-state index in [4.69, 9.17) is 18.9 Å². The minimum atomic E-state index is -1.03. The van der Waals surface area contributed by atoms with Gasteiger partial charge in [-0.05, 0) is 28.8 Å². The molecule has 0 aromatic heterocycles. The van der Waals surface area contributed by atoms with Crippen LogP contribution < -0.4 is 20.1 Å². The number of methoxy groups -OCH3 is 1. The van der Waals surface area contributed by atoms with Crippen LogP contribution in [-0.4, -0.2) is 25.3 Å².